The second-order valence-electron chi connectivity index (χ2n) is 14.8. The standard InChI is InChI=1S/C38H44Cl2FN9OS/c1-38(2,3)49-11-7-24(8-12-49)50(44)17-31(43)37(28-21-52-33-18-48(10-9-26(28)33)25-19-51-20-25)46-23-13-27-35(47-32-6-4-5-29(39)34(32)41)22(15-42)16-45-36(27)30(40)14-23/h4-6,13-14,16-17,21,24-25,37,46H,7-12,18-20,43-44H2,1-3H3,(H,45,47)/b31-17-/t37-/m0/s1. The molecule has 0 bridgehead atoms. The Morgan fingerprint density at radius 3 is 2.65 bits per heavy atom. The fourth-order valence-corrected chi connectivity index (χ4v) is 8.95. The number of nitrogens with zero attached hydrogens (tertiary/aromatic N) is 5. The van der Waals surface area contributed by atoms with Crippen molar-refractivity contribution in [3.63, 3.8) is 0 Å². The summed E-state index contributed by atoms with van der Waals surface area (Å²) in [7, 11) is 0. The molecule has 274 valence electrons. The zero-order valence-electron chi connectivity index (χ0n) is 29.6. The number of pyridine rings is 1. The van der Waals surface area contributed by atoms with E-state index in [1.165, 1.54) is 22.7 Å². The van der Waals surface area contributed by atoms with Crippen LogP contribution >= 0.6 is 34.5 Å². The van der Waals surface area contributed by atoms with E-state index in [2.05, 4.69) is 57.6 Å². The van der Waals surface area contributed by atoms with E-state index in [0.29, 0.717) is 39.0 Å². The van der Waals surface area contributed by atoms with Gasteiger partial charge in [-0.15, -0.1) is 11.3 Å². The minimum absolute atomic E-state index is 0.0377. The van der Waals surface area contributed by atoms with Crippen molar-refractivity contribution in [1.29, 1.82) is 5.26 Å². The van der Waals surface area contributed by atoms with Gasteiger partial charge in [-0.05, 0) is 80.8 Å². The van der Waals surface area contributed by atoms with E-state index >= 15 is 4.39 Å². The average molecular weight is 765 g/mol. The highest BCUT2D eigenvalue weighted by Crippen LogP contribution is 2.40. The van der Waals surface area contributed by atoms with Crippen LogP contribution in [-0.2, 0) is 17.7 Å². The van der Waals surface area contributed by atoms with Gasteiger partial charge in [-0.25, -0.2) is 10.2 Å². The molecular formula is C38H44Cl2FN9OS. The highest BCUT2D eigenvalue weighted by atomic mass is 35.5. The van der Waals surface area contributed by atoms with Crippen molar-refractivity contribution >= 4 is 62.5 Å². The lowest BCUT2D eigenvalue weighted by molar-refractivity contribution is -0.0691. The number of rotatable bonds is 9. The van der Waals surface area contributed by atoms with Crippen molar-refractivity contribution in [2.45, 2.75) is 70.2 Å². The quantitative estimate of drug-likeness (QED) is 0.100. The highest BCUT2D eigenvalue weighted by molar-refractivity contribution is 7.10. The zero-order valence-corrected chi connectivity index (χ0v) is 31.9. The van der Waals surface area contributed by atoms with Crippen molar-refractivity contribution < 1.29 is 9.13 Å². The third-order valence-corrected chi connectivity index (χ3v) is 12.1. The number of nitrogens with one attached hydrogen (secondary N) is 2. The number of likely N-dealkylation sites (tertiary alicyclic amines) is 1. The molecule has 3 aliphatic heterocycles. The number of hydrogen-bond donors (Lipinski definition) is 4. The summed E-state index contributed by atoms with van der Waals surface area (Å²) >= 11 is 14.7. The van der Waals surface area contributed by atoms with E-state index in [4.69, 9.17) is 39.5 Å². The molecule has 1 atom stereocenters. The lowest BCUT2D eigenvalue weighted by atomic mass is 9.95. The van der Waals surface area contributed by atoms with Crippen LogP contribution in [0.15, 0.2) is 53.8 Å². The number of nitriles is 1. The van der Waals surface area contributed by atoms with Crippen LogP contribution in [0, 0.1) is 17.1 Å². The molecule has 7 rings (SSSR count). The van der Waals surface area contributed by atoms with Gasteiger partial charge in [0, 0.05) is 66.1 Å². The zero-order chi connectivity index (χ0) is 36.7. The Morgan fingerprint density at radius 2 is 1.96 bits per heavy atom. The molecule has 2 aromatic heterocycles. The largest absolute Gasteiger partial charge is 0.399 e. The van der Waals surface area contributed by atoms with E-state index < -0.39 is 11.9 Å². The van der Waals surface area contributed by atoms with Crippen LogP contribution in [-0.4, -0.2) is 70.3 Å². The summed E-state index contributed by atoms with van der Waals surface area (Å²) in [5, 5.41) is 21.6. The predicted molar refractivity (Wildman–Crippen MR) is 208 cm³/mol. The van der Waals surface area contributed by atoms with Crippen LogP contribution in [0.3, 0.4) is 0 Å². The lowest BCUT2D eigenvalue weighted by Crippen LogP contribution is -2.51. The summed E-state index contributed by atoms with van der Waals surface area (Å²) < 4.78 is 20.5. The van der Waals surface area contributed by atoms with Crippen molar-refractivity contribution in [3.05, 3.63) is 91.2 Å². The Balaban J connectivity index is 1.25. The molecule has 0 unspecified atom stereocenters. The molecule has 10 nitrogen and oxygen atoms in total. The maximum absolute atomic E-state index is 15.1. The summed E-state index contributed by atoms with van der Waals surface area (Å²) in [5.74, 6) is 6.12. The number of nitrogens with two attached hydrogens (primary N) is 2. The number of aromatic nitrogens is 1. The first-order valence-corrected chi connectivity index (χ1v) is 19.2. The van der Waals surface area contributed by atoms with E-state index in [9.17, 15) is 5.26 Å². The number of thiophene rings is 1. The molecule has 0 amide bonds. The van der Waals surface area contributed by atoms with E-state index in [0.717, 1.165) is 64.2 Å². The normalized spacial score (nSPS) is 18.5. The first kappa shape index (κ1) is 36.7. The van der Waals surface area contributed by atoms with Gasteiger partial charge in [-0.1, -0.05) is 29.3 Å². The third kappa shape index (κ3) is 7.41. The van der Waals surface area contributed by atoms with Crippen LogP contribution in [0.5, 0.6) is 0 Å². The molecular weight excluding hydrogens is 720 g/mol. The first-order valence-electron chi connectivity index (χ1n) is 17.6. The number of ether oxygens (including phenoxy) is 1. The SMILES string of the molecule is CC(C)(C)N1CCC(N(N)/C=C(\N)[C@@H](Nc2cc(Cl)c3ncc(C#N)c(Nc4cccc(Cl)c4F)c3c2)c2csc3c2CCN(C2COC2)C3)CC1. The van der Waals surface area contributed by atoms with Crippen LogP contribution in [0.4, 0.5) is 21.5 Å². The molecule has 3 aliphatic rings. The van der Waals surface area contributed by atoms with Crippen molar-refractivity contribution in [2.75, 3.05) is 43.5 Å². The van der Waals surface area contributed by atoms with Gasteiger partial charge in [0.05, 0.1) is 63.5 Å². The third-order valence-electron chi connectivity index (χ3n) is 10.5. The van der Waals surface area contributed by atoms with Gasteiger partial charge in [-0.2, -0.15) is 5.26 Å². The molecule has 2 fully saturated rings. The number of piperidine rings is 1. The first-order chi connectivity index (χ1) is 24.9. The fourth-order valence-electron chi connectivity index (χ4n) is 7.35. The van der Waals surface area contributed by atoms with Gasteiger partial charge in [0.15, 0.2) is 5.82 Å². The summed E-state index contributed by atoms with van der Waals surface area (Å²) in [6, 6.07) is 10.7. The van der Waals surface area contributed by atoms with Gasteiger partial charge >= 0.3 is 0 Å². The summed E-state index contributed by atoms with van der Waals surface area (Å²) in [6.07, 6.45) is 6.05. The number of halogens is 3. The minimum Gasteiger partial charge on any atom is -0.399 e. The summed E-state index contributed by atoms with van der Waals surface area (Å²) in [6.45, 7) is 12.0. The summed E-state index contributed by atoms with van der Waals surface area (Å²) in [4.78, 5) is 10.8. The van der Waals surface area contributed by atoms with Crippen molar-refractivity contribution in [1.82, 2.24) is 19.8 Å². The number of fused-ring (bicyclic) bond motifs is 2. The Bertz CT molecular complexity index is 2030. The molecule has 0 aliphatic carbocycles. The Kier molecular flexibility index (Phi) is 10.6. The van der Waals surface area contributed by atoms with E-state index in [1.54, 1.807) is 34.5 Å². The molecule has 5 heterocycles. The molecule has 0 radical (unpaired) electrons. The maximum atomic E-state index is 15.1. The Morgan fingerprint density at radius 1 is 1.19 bits per heavy atom. The Hall–Kier alpha value is -3.67. The Labute approximate surface area is 318 Å². The predicted octanol–water partition coefficient (Wildman–Crippen LogP) is 7.51. The van der Waals surface area contributed by atoms with Gasteiger partial charge < -0.3 is 26.1 Å². The van der Waals surface area contributed by atoms with E-state index in [1.807, 2.05) is 12.3 Å². The highest BCUT2D eigenvalue weighted by Gasteiger charge is 2.33. The molecule has 0 spiro atoms. The number of hydrogen-bond acceptors (Lipinski definition) is 11. The second-order valence-corrected chi connectivity index (χ2v) is 16.6. The van der Waals surface area contributed by atoms with Gasteiger partial charge in [0.1, 0.15) is 6.07 Å². The molecule has 6 N–H and O–H groups in total. The topological polar surface area (TPSA) is 132 Å². The second kappa shape index (κ2) is 15.0. The molecule has 2 saturated heterocycles. The van der Waals surface area contributed by atoms with Crippen molar-refractivity contribution in [3.8, 4) is 6.07 Å². The maximum Gasteiger partial charge on any atom is 0.165 e. The van der Waals surface area contributed by atoms with E-state index in [-0.39, 0.29) is 27.9 Å². The molecule has 0 saturated carbocycles. The van der Waals surface area contributed by atoms with Crippen LogP contribution in [0.1, 0.15) is 61.2 Å². The lowest BCUT2D eigenvalue weighted by Gasteiger charge is -2.42. The fraction of sp³-hybridized carbons (Fsp3) is 0.421. The van der Waals surface area contributed by atoms with Gasteiger partial charge in [-0.3, -0.25) is 14.8 Å². The number of benzene rings is 2. The number of anilines is 3. The molecule has 52 heavy (non-hydrogen) atoms. The number of hydrazine groups is 1. The molecule has 2 aromatic carbocycles. The minimum atomic E-state index is -0.627. The van der Waals surface area contributed by atoms with Gasteiger partial charge in [0.25, 0.3) is 0 Å². The summed E-state index contributed by atoms with van der Waals surface area (Å²) in [5.41, 5.74) is 11.9. The molecule has 14 heteroatoms. The monoisotopic (exact) mass is 763 g/mol. The van der Waals surface area contributed by atoms with Crippen molar-refractivity contribution in [2.24, 2.45) is 11.6 Å². The van der Waals surface area contributed by atoms with Crippen LogP contribution in [0.2, 0.25) is 10.0 Å². The molecule has 4 aromatic rings. The average Bonchev–Trinajstić information content (AvgIpc) is 3.51. The van der Waals surface area contributed by atoms with Gasteiger partial charge in [0.2, 0.25) is 0 Å². The smallest absolute Gasteiger partial charge is 0.165 e. The van der Waals surface area contributed by atoms with Crippen LogP contribution < -0.4 is 22.2 Å². The van der Waals surface area contributed by atoms with Crippen LogP contribution in [0.25, 0.3) is 10.9 Å².